The van der Waals surface area contributed by atoms with Gasteiger partial charge in [0.15, 0.2) is 5.78 Å². The van der Waals surface area contributed by atoms with Crippen molar-refractivity contribution in [1.82, 2.24) is 0 Å². The zero-order chi connectivity index (χ0) is 35.7. The Kier molecular flexibility index (Phi) is 11.0. The average molecular weight is 659 g/mol. The third kappa shape index (κ3) is 8.21. The van der Waals surface area contributed by atoms with E-state index in [1.54, 1.807) is 0 Å². The van der Waals surface area contributed by atoms with E-state index in [4.69, 9.17) is 9.47 Å². The molecular weight excluding hydrogens is 600 g/mol. The van der Waals surface area contributed by atoms with Crippen LogP contribution in [0.15, 0.2) is 94.7 Å². The van der Waals surface area contributed by atoms with E-state index < -0.39 is 16.8 Å². The SMILES string of the molecule is CC(=O)O[C@H]1CC(C)(C)/C(=C/C/C(C)=C/C=C/C(C)=C/C=C/C=C(C)/C=C/C=C(\C)C(=O)C[C@@]23O[C@]2(C)C[C@@H](O)[C@H]2C[C@]23C)[C@](C)(O)C1. The van der Waals surface area contributed by atoms with Gasteiger partial charge in [0.05, 0.1) is 17.3 Å². The molecule has 0 radical (unpaired) electrons. The Morgan fingerprint density at radius 1 is 0.833 bits per heavy atom. The number of allylic oxidation sites excluding steroid dienone is 15. The number of ether oxygens (including phenoxy) is 2. The van der Waals surface area contributed by atoms with E-state index in [1.807, 2.05) is 70.2 Å². The van der Waals surface area contributed by atoms with Crippen LogP contribution in [0.3, 0.4) is 0 Å². The van der Waals surface area contributed by atoms with Gasteiger partial charge in [-0.15, -0.1) is 0 Å². The molecular formula is C42H58O6. The van der Waals surface area contributed by atoms with Gasteiger partial charge in [0, 0.05) is 31.6 Å². The van der Waals surface area contributed by atoms with Crippen molar-refractivity contribution in [1.29, 1.82) is 0 Å². The lowest BCUT2D eigenvalue weighted by Crippen LogP contribution is -2.46. The lowest BCUT2D eigenvalue weighted by molar-refractivity contribution is -0.152. The summed E-state index contributed by atoms with van der Waals surface area (Å²) in [5.74, 6) is 0.0562. The van der Waals surface area contributed by atoms with Crippen molar-refractivity contribution in [2.75, 3.05) is 0 Å². The fraction of sp³-hybridized carbons (Fsp3) is 0.571. The van der Waals surface area contributed by atoms with Gasteiger partial charge >= 0.3 is 5.97 Å². The van der Waals surface area contributed by atoms with Crippen molar-refractivity contribution in [3.05, 3.63) is 94.7 Å². The monoisotopic (exact) mass is 658 g/mol. The van der Waals surface area contributed by atoms with Crippen LogP contribution >= 0.6 is 0 Å². The molecule has 7 atom stereocenters. The molecule has 2 N–H and O–H groups in total. The van der Waals surface area contributed by atoms with Crippen LogP contribution in [0.1, 0.15) is 108 Å². The number of aliphatic hydroxyl groups excluding tert-OH is 1. The molecule has 6 heteroatoms. The maximum absolute atomic E-state index is 13.1. The first-order valence-electron chi connectivity index (χ1n) is 17.5. The summed E-state index contributed by atoms with van der Waals surface area (Å²) in [6.07, 6.45) is 25.4. The Bertz CT molecular complexity index is 1510. The highest BCUT2D eigenvalue weighted by molar-refractivity contribution is 5.96. The number of carbonyl (C=O) groups is 2. The van der Waals surface area contributed by atoms with Crippen molar-refractivity contribution in [3.8, 4) is 0 Å². The Hall–Kier alpha value is -3.06. The molecule has 0 aromatic carbocycles. The second kappa shape index (κ2) is 14.0. The Morgan fingerprint density at radius 3 is 2.02 bits per heavy atom. The maximum Gasteiger partial charge on any atom is 0.302 e. The van der Waals surface area contributed by atoms with Crippen LogP contribution in [0.5, 0.6) is 0 Å². The molecule has 4 fully saturated rings. The number of fused-ring (bicyclic) bond motifs is 3. The summed E-state index contributed by atoms with van der Waals surface area (Å²) in [4.78, 5) is 24.6. The molecule has 1 saturated heterocycles. The molecule has 262 valence electrons. The first kappa shape index (κ1) is 37.8. The number of aliphatic hydroxyl groups is 2. The second-order valence-electron chi connectivity index (χ2n) is 16.2. The molecule has 3 aliphatic carbocycles. The highest BCUT2D eigenvalue weighted by Crippen LogP contribution is 2.78. The van der Waals surface area contributed by atoms with E-state index in [2.05, 4.69) is 58.9 Å². The van der Waals surface area contributed by atoms with Gasteiger partial charge in [0.1, 0.15) is 11.7 Å². The molecule has 3 saturated carbocycles. The summed E-state index contributed by atoms with van der Waals surface area (Å²) in [6, 6.07) is 0. The minimum absolute atomic E-state index is 0.0933. The third-order valence-electron chi connectivity index (χ3n) is 11.3. The van der Waals surface area contributed by atoms with E-state index in [-0.39, 0.29) is 40.7 Å². The standard InChI is InChI=1S/C42H58O6/c1-28(17-13-18-30(3)21-22-37-38(6,7)23-33(47-32(5)43)24-40(37,9)46)15-11-12-16-29(2)19-14-20-31(4)35(44)27-42-39(8)25-34(39)36(45)26-41(42,10)48-42/h11-20,22,33-34,36,45-46H,21,23-27H2,1-10H3/b12-11+,17-13+,19-14+,28-15+,29-16+,30-18+,31-20+,37-22-/t33-,34+,36+,39+,40+,41+,42-/m0/s1. The quantitative estimate of drug-likeness (QED) is 0.0718. The van der Waals surface area contributed by atoms with Crippen LogP contribution < -0.4 is 0 Å². The molecule has 0 amide bonds. The summed E-state index contributed by atoms with van der Waals surface area (Å²) in [5, 5.41) is 21.6. The van der Waals surface area contributed by atoms with Gasteiger partial charge in [-0.3, -0.25) is 9.59 Å². The highest BCUT2D eigenvalue weighted by atomic mass is 16.6. The second-order valence-corrected chi connectivity index (χ2v) is 16.2. The fourth-order valence-electron chi connectivity index (χ4n) is 8.55. The van der Waals surface area contributed by atoms with Gasteiger partial charge in [-0.05, 0) is 83.3 Å². The molecule has 0 aromatic rings. The summed E-state index contributed by atoms with van der Waals surface area (Å²) >= 11 is 0. The zero-order valence-electron chi connectivity index (χ0n) is 30.9. The highest BCUT2D eigenvalue weighted by Gasteiger charge is 2.85. The zero-order valence-corrected chi connectivity index (χ0v) is 30.9. The van der Waals surface area contributed by atoms with Gasteiger partial charge in [-0.25, -0.2) is 0 Å². The van der Waals surface area contributed by atoms with E-state index in [0.717, 1.165) is 35.1 Å². The normalized spacial score (nSPS) is 37.7. The summed E-state index contributed by atoms with van der Waals surface area (Å²) in [7, 11) is 0. The van der Waals surface area contributed by atoms with Crippen molar-refractivity contribution in [2.45, 2.75) is 137 Å². The van der Waals surface area contributed by atoms with E-state index in [0.29, 0.717) is 25.7 Å². The number of rotatable bonds is 12. The van der Waals surface area contributed by atoms with Crippen molar-refractivity contribution in [3.63, 3.8) is 0 Å². The number of hydrogen-bond donors (Lipinski definition) is 2. The Labute approximate surface area is 288 Å². The fourth-order valence-corrected chi connectivity index (χ4v) is 8.55. The van der Waals surface area contributed by atoms with Gasteiger partial charge in [-0.1, -0.05) is 104 Å². The van der Waals surface area contributed by atoms with Crippen molar-refractivity contribution >= 4 is 11.8 Å². The number of hydrogen-bond acceptors (Lipinski definition) is 6. The van der Waals surface area contributed by atoms with Crippen LogP contribution in [0.25, 0.3) is 0 Å². The number of esters is 1. The number of carbonyl (C=O) groups excluding carboxylic acids is 2. The molecule has 1 aliphatic heterocycles. The topological polar surface area (TPSA) is 96.4 Å². The van der Waals surface area contributed by atoms with Gasteiger partial charge in [0.2, 0.25) is 0 Å². The van der Waals surface area contributed by atoms with E-state index >= 15 is 0 Å². The van der Waals surface area contributed by atoms with E-state index in [1.165, 1.54) is 12.5 Å². The number of epoxide rings is 1. The lowest BCUT2D eigenvalue weighted by atomic mass is 9.64. The minimum atomic E-state index is -1.02. The van der Waals surface area contributed by atoms with Crippen LogP contribution in [0.4, 0.5) is 0 Å². The third-order valence-corrected chi connectivity index (χ3v) is 11.3. The molecule has 4 rings (SSSR count). The summed E-state index contributed by atoms with van der Waals surface area (Å²) < 4.78 is 11.7. The summed E-state index contributed by atoms with van der Waals surface area (Å²) in [6.45, 7) is 19.7. The largest absolute Gasteiger partial charge is 0.462 e. The lowest BCUT2D eigenvalue weighted by Gasteiger charge is -2.46. The maximum atomic E-state index is 13.1. The molecule has 1 heterocycles. The minimum Gasteiger partial charge on any atom is -0.462 e. The molecule has 0 unspecified atom stereocenters. The van der Waals surface area contributed by atoms with Gasteiger partial charge in [0.25, 0.3) is 0 Å². The molecule has 0 spiro atoms. The average Bonchev–Trinajstić information content (AvgIpc) is 3.82. The number of ketones is 1. The molecule has 48 heavy (non-hydrogen) atoms. The molecule has 6 nitrogen and oxygen atoms in total. The van der Waals surface area contributed by atoms with Crippen molar-refractivity contribution in [2.24, 2.45) is 16.7 Å². The predicted octanol–water partition coefficient (Wildman–Crippen LogP) is 8.54. The molecule has 0 aromatic heterocycles. The van der Waals surface area contributed by atoms with Gasteiger partial charge < -0.3 is 19.7 Å². The van der Waals surface area contributed by atoms with Crippen molar-refractivity contribution < 1.29 is 29.3 Å². The van der Waals surface area contributed by atoms with Gasteiger partial charge in [-0.2, -0.15) is 0 Å². The Morgan fingerprint density at radius 2 is 1.44 bits per heavy atom. The van der Waals surface area contributed by atoms with Crippen LogP contribution in [-0.4, -0.2) is 51.0 Å². The molecule has 4 aliphatic rings. The predicted molar refractivity (Wildman–Crippen MR) is 193 cm³/mol. The van der Waals surface area contributed by atoms with Crippen LogP contribution in [0.2, 0.25) is 0 Å². The number of Topliss-reactive ketones (excluding diaryl/α,β-unsaturated/α-hetero) is 1. The molecule has 0 bridgehead atoms. The summed E-state index contributed by atoms with van der Waals surface area (Å²) in [5.41, 5.74) is 2.90. The van der Waals surface area contributed by atoms with E-state index in [9.17, 15) is 19.8 Å². The van der Waals surface area contributed by atoms with Crippen LogP contribution in [0, 0.1) is 16.7 Å². The van der Waals surface area contributed by atoms with Crippen LogP contribution in [-0.2, 0) is 19.1 Å². The Balaban J connectivity index is 1.24. The first-order valence-corrected chi connectivity index (χ1v) is 17.5. The first-order chi connectivity index (χ1) is 22.3. The smallest absolute Gasteiger partial charge is 0.302 e.